The van der Waals surface area contributed by atoms with Crippen LogP contribution in [0.2, 0.25) is 5.02 Å². The fourth-order valence-electron chi connectivity index (χ4n) is 2.54. The van der Waals surface area contributed by atoms with Gasteiger partial charge in [0.15, 0.2) is 0 Å². The Hall–Kier alpha value is -1.33. The first kappa shape index (κ1) is 14.6. The van der Waals surface area contributed by atoms with Crippen LogP contribution in [0.4, 0.5) is 11.5 Å². The third kappa shape index (κ3) is 3.47. The zero-order chi connectivity index (χ0) is 14.8. The molecule has 0 amide bonds. The monoisotopic (exact) mass is 366 g/mol. The lowest BCUT2D eigenvalue weighted by molar-refractivity contribution is 0.645. The fourth-order valence-corrected chi connectivity index (χ4v) is 3.19. The molecule has 0 saturated carbocycles. The second-order valence-corrected chi connectivity index (χ2v) is 6.30. The summed E-state index contributed by atoms with van der Waals surface area (Å²) in [5.41, 5.74) is 1.18. The average Bonchev–Trinajstić information content (AvgIpc) is 2.46. The Balaban J connectivity index is 1.70. The van der Waals surface area contributed by atoms with Gasteiger partial charge < -0.3 is 9.80 Å². The van der Waals surface area contributed by atoms with E-state index in [2.05, 4.69) is 41.8 Å². The van der Waals surface area contributed by atoms with Crippen molar-refractivity contribution in [2.45, 2.75) is 6.92 Å². The molecule has 1 saturated heterocycles. The van der Waals surface area contributed by atoms with Crippen LogP contribution in [0.25, 0.3) is 0 Å². The number of hydrogen-bond donors (Lipinski definition) is 0. The van der Waals surface area contributed by atoms with Gasteiger partial charge in [-0.3, -0.25) is 0 Å². The van der Waals surface area contributed by atoms with Crippen molar-refractivity contribution in [1.29, 1.82) is 0 Å². The van der Waals surface area contributed by atoms with Crippen LogP contribution in [0.1, 0.15) is 5.82 Å². The molecule has 1 aromatic heterocycles. The second kappa shape index (κ2) is 6.20. The molecule has 21 heavy (non-hydrogen) atoms. The van der Waals surface area contributed by atoms with Crippen molar-refractivity contribution in [1.82, 2.24) is 9.97 Å². The third-order valence-electron chi connectivity index (χ3n) is 3.57. The minimum atomic E-state index is 0.783. The van der Waals surface area contributed by atoms with E-state index in [1.807, 2.05) is 31.2 Å². The first-order valence-corrected chi connectivity index (χ1v) is 8.05. The van der Waals surface area contributed by atoms with Crippen LogP contribution < -0.4 is 9.80 Å². The van der Waals surface area contributed by atoms with E-state index in [1.54, 1.807) is 0 Å². The van der Waals surface area contributed by atoms with E-state index in [0.29, 0.717) is 0 Å². The summed E-state index contributed by atoms with van der Waals surface area (Å²) in [5.74, 6) is 1.77. The number of rotatable bonds is 2. The van der Waals surface area contributed by atoms with Crippen molar-refractivity contribution in [3.05, 3.63) is 45.8 Å². The van der Waals surface area contributed by atoms with Crippen molar-refractivity contribution in [3.63, 3.8) is 0 Å². The number of benzene rings is 1. The summed E-state index contributed by atoms with van der Waals surface area (Å²) < 4.78 is 0.835. The van der Waals surface area contributed by atoms with Crippen molar-refractivity contribution < 1.29 is 0 Å². The standard InChI is InChI=1S/C15H16BrClN4/c1-11-18-14(16)10-15(19-11)21-7-5-20(6-8-21)13-4-2-3-12(17)9-13/h2-4,9-10H,5-8H2,1H3. The Morgan fingerprint density at radius 1 is 1.05 bits per heavy atom. The number of piperazine rings is 1. The Morgan fingerprint density at radius 2 is 1.76 bits per heavy atom. The molecule has 1 aliphatic heterocycles. The molecule has 0 unspecified atom stereocenters. The minimum Gasteiger partial charge on any atom is -0.368 e. The zero-order valence-electron chi connectivity index (χ0n) is 11.8. The summed E-state index contributed by atoms with van der Waals surface area (Å²) >= 11 is 9.50. The van der Waals surface area contributed by atoms with Crippen LogP contribution in [0.3, 0.4) is 0 Å². The van der Waals surface area contributed by atoms with Crippen molar-refractivity contribution in [2.75, 3.05) is 36.0 Å². The molecule has 0 atom stereocenters. The highest BCUT2D eigenvalue weighted by Crippen LogP contribution is 2.23. The number of anilines is 2. The van der Waals surface area contributed by atoms with Crippen LogP contribution >= 0.6 is 27.5 Å². The van der Waals surface area contributed by atoms with Gasteiger partial charge in [0, 0.05) is 43.0 Å². The van der Waals surface area contributed by atoms with Crippen LogP contribution in [0, 0.1) is 6.92 Å². The number of aromatic nitrogens is 2. The van der Waals surface area contributed by atoms with E-state index in [-0.39, 0.29) is 0 Å². The van der Waals surface area contributed by atoms with Crippen molar-refractivity contribution in [3.8, 4) is 0 Å². The van der Waals surface area contributed by atoms with E-state index < -0.39 is 0 Å². The highest BCUT2D eigenvalue weighted by molar-refractivity contribution is 9.10. The molecule has 1 fully saturated rings. The summed E-state index contributed by atoms with van der Waals surface area (Å²) in [7, 11) is 0. The molecular weight excluding hydrogens is 352 g/mol. The number of halogens is 2. The molecule has 1 aliphatic rings. The predicted octanol–water partition coefficient (Wildman–Crippen LogP) is 3.53. The fraction of sp³-hybridized carbons (Fsp3) is 0.333. The second-order valence-electron chi connectivity index (χ2n) is 5.05. The molecule has 0 bridgehead atoms. The Bertz CT molecular complexity index is 621. The maximum Gasteiger partial charge on any atom is 0.133 e. The summed E-state index contributed by atoms with van der Waals surface area (Å²) in [4.78, 5) is 13.4. The highest BCUT2D eigenvalue weighted by Gasteiger charge is 2.19. The maximum absolute atomic E-state index is 6.06. The van der Waals surface area contributed by atoms with Gasteiger partial charge in [0.25, 0.3) is 0 Å². The van der Waals surface area contributed by atoms with Gasteiger partial charge in [-0.05, 0) is 41.1 Å². The largest absolute Gasteiger partial charge is 0.368 e. The van der Waals surface area contributed by atoms with Crippen molar-refractivity contribution in [2.24, 2.45) is 0 Å². The van der Waals surface area contributed by atoms with Gasteiger partial charge in [0.2, 0.25) is 0 Å². The molecule has 1 aromatic carbocycles. The summed E-state index contributed by atoms with van der Waals surface area (Å²) in [6, 6.07) is 10.00. The lowest BCUT2D eigenvalue weighted by atomic mass is 10.2. The summed E-state index contributed by atoms with van der Waals surface area (Å²) in [6.45, 7) is 5.71. The summed E-state index contributed by atoms with van der Waals surface area (Å²) in [6.07, 6.45) is 0. The van der Waals surface area contributed by atoms with E-state index in [9.17, 15) is 0 Å². The number of hydrogen-bond acceptors (Lipinski definition) is 4. The minimum absolute atomic E-state index is 0.783. The van der Waals surface area contributed by atoms with Crippen LogP contribution in [0.15, 0.2) is 34.9 Å². The van der Waals surface area contributed by atoms with Gasteiger partial charge >= 0.3 is 0 Å². The molecule has 0 N–H and O–H groups in total. The topological polar surface area (TPSA) is 32.3 Å². The first-order valence-electron chi connectivity index (χ1n) is 6.88. The maximum atomic E-state index is 6.06. The summed E-state index contributed by atoms with van der Waals surface area (Å²) in [5, 5.41) is 0.783. The molecule has 110 valence electrons. The quantitative estimate of drug-likeness (QED) is 0.760. The Labute approximate surface area is 137 Å². The average molecular weight is 368 g/mol. The van der Waals surface area contributed by atoms with Gasteiger partial charge in [0.05, 0.1) is 0 Å². The van der Waals surface area contributed by atoms with Gasteiger partial charge in [-0.15, -0.1) is 0 Å². The number of aryl methyl sites for hydroxylation is 1. The molecule has 0 aliphatic carbocycles. The molecule has 0 spiro atoms. The normalized spacial score (nSPS) is 15.4. The molecule has 3 rings (SSSR count). The highest BCUT2D eigenvalue weighted by atomic mass is 79.9. The first-order chi connectivity index (χ1) is 10.1. The van der Waals surface area contributed by atoms with Crippen LogP contribution in [-0.2, 0) is 0 Å². The van der Waals surface area contributed by atoms with Gasteiger partial charge in [-0.1, -0.05) is 17.7 Å². The Morgan fingerprint density at radius 3 is 2.43 bits per heavy atom. The lowest BCUT2D eigenvalue weighted by Crippen LogP contribution is -2.46. The SMILES string of the molecule is Cc1nc(Br)cc(N2CCN(c3cccc(Cl)c3)CC2)n1. The molecule has 4 nitrogen and oxygen atoms in total. The van der Waals surface area contributed by atoms with E-state index >= 15 is 0 Å². The van der Waals surface area contributed by atoms with Gasteiger partial charge in [-0.25, -0.2) is 9.97 Å². The molecule has 6 heteroatoms. The third-order valence-corrected chi connectivity index (χ3v) is 4.21. The van der Waals surface area contributed by atoms with Gasteiger partial charge in [-0.2, -0.15) is 0 Å². The van der Waals surface area contributed by atoms with E-state index in [4.69, 9.17) is 11.6 Å². The van der Waals surface area contributed by atoms with E-state index in [0.717, 1.165) is 47.4 Å². The molecular formula is C15H16BrClN4. The Kier molecular flexibility index (Phi) is 4.31. The van der Waals surface area contributed by atoms with E-state index in [1.165, 1.54) is 5.69 Å². The lowest BCUT2D eigenvalue weighted by Gasteiger charge is -2.36. The zero-order valence-corrected chi connectivity index (χ0v) is 14.1. The predicted molar refractivity (Wildman–Crippen MR) is 90.3 cm³/mol. The van der Waals surface area contributed by atoms with Crippen molar-refractivity contribution >= 4 is 39.0 Å². The number of nitrogens with zero attached hydrogens (tertiary/aromatic N) is 4. The molecule has 0 radical (unpaired) electrons. The van der Waals surface area contributed by atoms with Crippen LogP contribution in [-0.4, -0.2) is 36.1 Å². The van der Waals surface area contributed by atoms with Crippen LogP contribution in [0.5, 0.6) is 0 Å². The smallest absolute Gasteiger partial charge is 0.133 e. The molecule has 2 heterocycles. The molecule has 2 aromatic rings. The van der Waals surface area contributed by atoms with Gasteiger partial charge in [0.1, 0.15) is 16.2 Å².